The van der Waals surface area contributed by atoms with E-state index < -0.39 is 0 Å². The zero-order chi connectivity index (χ0) is 33.1. The maximum absolute atomic E-state index is 12.5. The molecule has 0 rings (SSSR count). The van der Waals surface area contributed by atoms with E-state index in [1.165, 1.54) is 128 Å². The minimum Gasteiger partial charge on any atom is -0.458 e. The van der Waals surface area contributed by atoms with Crippen LogP contribution in [-0.2, 0) is 9.53 Å². The number of ether oxygens (including phenoxy) is 1. The molecular weight excluding hydrogens is 550 g/mol. The summed E-state index contributed by atoms with van der Waals surface area (Å²) in [6.07, 6.45) is 50.9. The number of unbranched alkanes of at least 4 members (excludes halogenated alkanes) is 18. The van der Waals surface area contributed by atoms with Gasteiger partial charge in [0.05, 0.1) is 6.54 Å². The molecule has 3 nitrogen and oxygen atoms in total. The summed E-state index contributed by atoms with van der Waals surface area (Å²) in [5.41, 5.74) is -0.322. The lowest BCUT2D eigenvalue weighted by molar-refractivity contribution is -0.160. The fourth-order valence-corrected chi connectivity index (χ4v) is 5.77. The van der Waals surface area contributed by atoms with Crippen LogP contribution in [0.2, 0.25) is 0 Å². The van der Waals surface area contributed by atoms with Crippen molar-refractivity contribution in [1.29, 1.82) is 0 Å². The number of likely N-dealkylation sites (N-methyl/N-ethyl adjacent to an activating group) is 1. The quantitative estimate of drug-likeness (QED) is 0.0412. The number of rotatable bonds is 33. The Morgan fingerprint density at radius 1 is 0.511 bits per heavy atom. The molecule has 0 aromatic heterocycles. The summed E-state index contributed by atoms with van der Waals surface area (Å²) in [5.74, 6) is -0.0809. The molecule has 0 aliphatic rings. The SMILES string of the molecule is CCCCC/C=C\C/C=C\CCCCCCCCC(C)(CCCCCCCC/C=C\C/C=C\CCCCC)OC(=O)CN(C)C. The molecule has 3 heteroatoms. The van der Waals surface area contributed by atoms with Gasteiger partial charge in [-0.1, -0.05) is 140 Å². The van der Waals surface area contributed by atoms with Gasteiger partial charge in [-0.05, 0) is 111 Å². The summed E-state index contributed by atoms with van der Waals surface area (Å²) in [6, 6.07) is 0. The highest BCUT2D eigenvalue weighted by Crippen LogP contribution is 2.27. The highest BCUT2D eigenvalue weighted by atomic mass is 16.6. The highest BCUT2D eigenvalue weighted by Gasteiger charge is 2.28. The van der Waals surface area contributed by atoms with E-state index in [1.54, 1.807) is 0 Å². The van der Waals surface area contributed by atoms with Gasteiger partial charge in [-0.25, -0.2) is 0 Å². The molecule has 0 saturated heterocycles. The number of allylic oxidation sites excluding steroid dienone is 8. The predicted octanol–water partition coefficient (Wildman–Crippen LogP) is 13.3. The van der Waals surface area contributed by atoms with Gasteiger partial charge >= 0.3 is 5.97 Å². The Bertz CT molecular complexity index is 700. The first-order valence-electron chi connectivity index (χ1n) is 19.4. The first-order chi connectivity index (χ1) is 21.9. The third-order valence-electron chi connectivity index (χ3n) is 8.62. The minimum absolute atomic E-state index is 0.0809. The van der Waals surface area contributed by atoms with E-state index in [2.05, 4.69) is 69.4 Å². The van der Waals surface area contributed by atoms with Crippen molar-refractivity contribution < 1.29 is 9.53 Å². The van der Waals surface area contributed by atoms with Crippen molar-refractivity contribution in [3.63, 3.8) is 0 Å². The Labute approximate surface area is 282 Å². The number of carbonyl (C=O) groups excluding carboxylic acids is 1. The monoisotopic (exact) mass is 628 g/mol. The molecule has 0 atom stereocenters. The lowest BCUT2D eigenvalue weighted by atomic mass is 9.91. The third kappa shape index (κ3) is 33.6. The lowest BCUT2D eigenvalue weighted by Crippen LogP contribution is -2.35. The van der Waals surface area contributed by atoms with Crippen LogP contribution in [0.5, 0.6) is 0 Å². The third-order valence-corrected chi connectivity index (χ3v) is 8.62. The minimum atomic E-state index is -0.322. The van der Waals surface area contributed by atoms with Crippen LogP contribution in [0.15, 0.2) is 48.6 Å². The summed E-state index contributed by atoms with van der Waals surface area (Å²) in [4.78, 5) is 14.4. The molecule has 0 N–H and O–H groups in total. The zero-order valence-electron chi connectivity index (χ0n) is 31.0. The summed E-state index contributed by atoms with van der Waals surface area (Å²) in [5, 5.41) is 0. The van der Waals surface area contributed by atoms with Crippen LogP contribution >= 0.6 is 0 Å². The molecule has 0 unspecified atom stereocenters. The molecule has 0 aromatic carbocycles. The molecule has 0 fully saturated rings. The van der Waals surface area contributed by atoms with Gasteiger partial charge in [-0.15, -0.1) is 0 Å². The number of hydrogen-bond acceptors (Lipinski definition) is 3. The van der Waals surface area contributed by atoms with E-state index in [9.17, 15) is 4.79 Å². The summed E-state index contributed by atoms with van der Waals surface area (Å²) >= 11 is 0. The Hall–Kier alpha value is -1.61. The lowest BCUT2D eigenvalue weighted by Gasteiger charge is -2.30. The van der Waals surface area contributed by atoms with Gasteiger partial charge in [-0.2, -0.15) is 0 Å². The van der Waals surface area contributed by atoms with Gasteiger partial charge in [-0.3, -0.25) is 9.69 Å². The van der Waals surface area contributed by atoms with Crippen molar-refractivity contribution in [3.05, 3.63) is 48.6 Å². The van der Waals surface area contributed by atoms with Gasteiger partial charge in [0, 0.05) is 0 Å². The van der Waals surface area contributed by atoms with E-state index in [0.29, 0.717) is 6.54 Å². The number of esters is 1. The van der Waals surface area contributed by atoms with Crippen LogP contribution in [0, 0.1) is 0 Å². The van der Waals surface area contributed by atoms with Gasteiger partial charge < -0.3 is 4.74 Å². The largest absolute Gasteiger partial charge is 0.458 e. The number of nitrogens with zero attached hydrogens (tertiary/aromatic N) is 1. The van der Waals surface area contributed by atoms with Crippen LogP contribution < -0.4 is 0 Å². The molecule has 0 amide bonds. The molecule has 0 spiro atoms. The van der Waals surface area contributed by atoms with E-state index >= 15 is 0 Å². The van der Waals surface area contributed by atoms with Crippen molar-refractivity contribution in [2.24, 2.45) is 0 Å². The maximum atomic E-state index is 12.5. The second-order valence-electron chi connectivity index (χ2n) is 13.8. The Kier molecular flexibility index (Phi) is 32.5. The van der Waals surface area contributed by atoms with E-state index in [1.807, 2.05) is 19.0 Å². The van der Waals surface area contributed by atoms with Crippen molar-refractivity contribution >= 4 is 5.97 Å². The molecule has 0 bridgehead atoms. The van der Waals surface area contributed by atoms with Crippen LogP contribution in [0.25, 0.3) is 0 Å². The summed E-state index contributed by atoms with van der Waals surface area (Å²) in [7, 11) is 3.87. The van der Waals surface area contributed by atoms with Gasteiger partial charge in [0.2, 0.25) is 0 Å². The topological polar surface area (TPSA) is 29.5 Å². The van der Waals surface area contributed by atoms with Crippen molar-refractivity contribution in [2.45, 2.75) is 193 Å². The molecule has 0 aliphatic heterocycles. The zero-order valence-corrected chi connectivity index (χ0v) is 31.0. The number of hydrogen-bond donors (Lipinski definition) is 0. The van der Waals surface area contributed by atoms with E-state index in [4.69, 9.17) is 4.74 Å². The number of carbonyl (C=O) groups is 1. The fourth-order valence-electron chi connectivity index (χ4n) is 5.77. The van der Waals surface area contributed by atoms with Crippen molar-refractivity contribution in [2.75, 3.05) is 20.6 Å². The normalized spacial score (nSPS) is 12.7. The smallest absolute Gasteiger partial charge is 0.320 e. The molecule has 0 aliphatic carbocycles. The van der Waals surface area contributed by atoms with Gasteiger partial charge in [0.1, 0.15) is 5.60 Å². The van der Waals surface area contributed by atoms with Crippen molar-refractivity contribution in [1.82, 2.24) is 4.90 Å². The van der Waals surface area contributed by atoms with Gasteiger partial charge in [0.15, 0.2) is 0 Å². The predicted molar refractivity (Wildman–Crippen MR) is 201 cm³/mol. The molecule has 262 valence electrons. The average molecular weight is 628 g/mol. The van der Waals surface area contributed by atoms with Crippen LogP contribution in [0.4, 0.5) is 0 Å². The second-order valence-corrected chi connectivity index (χ2v) is 13.8. The molecule has 0 radical (unpaired) electrons. The fraction of sp³-hybridized carbons (Fsp3) is 0.786. The highest BCUT2D eigenvalue weighted by molar-refractivity contribution is 5.72. The maximum Gasteiger partial charge on any atom is 0.320 e. The van der Waals surface area contributed by atoms with Crippen LogP contribution in [-0.4, -0.2) is 37.1 Å². The Morgan fingerprint density at radius 2 is 0.844 bits per heavy atom. The van der Waals surface area contributed by atoms with Crippen LogP contribution in [0.3, 0.4) is 0 Å². The van der Waals surface area contributed by atoms with E-state index in [-0.39, 0.29) is 11.6 Å². The second kappa shape index (κ2) is 33.7. The summed E-state index contributed by atoms with van der Waals surface area (Å²) < 4.78 is 6.09. The standard InChI is InChI=1S/C42H77NO2/c1-6-8-10-12-14-16-18-20-22-24-26-28-30-32-34-36-38-42(3,45-41(44)40-43(4)5)39-37-35-33-31-29-27-25-23-21-19-17-15-13-11-9-7-2/h14-17,20-23H,6-13,18-19,24-40H2,1-5H3/b16-14-,17-15-,22-20-,23-21-. The molecule has 0 aromatic rings. The first-order valence-corrected chi connectivity index (χ1v) is 19.4. The molecule has 0 heterocycles. The van der Waals surface area contributed by atoms with E-state index in [0.717, 1.165) is 38.5 Å². The Balaban J connectivity index is 4.05. The molecule has 0 saturated carbocycles. The van der Waals surface area contributed by atoms with Gasteiger partial charge in [0.25, 0.3) is 0 Å². The molecular formula is C42H77NO2. The summed E-state index contributed by atoms with van der Waals surface area (Å²) in [6.45, 7) is 7.06. The molecule has 45 heavy (non-hydrogen) atoms. The first kappa shape index (κ1) is 43.4. The Morgan fingerprint density at radius 3 is 1.20 bits per heavy atom. The van der Waals surface area contributed by atoms with Crippen LogP contribution in [0.1, 0.15) is 188 Å². The van der Waals surface area contributed by atoms with Crippen molar-refractivity contribution in [3.8, 4) is 0 Å². The average Bonchev–Trinajstić information content (AvgIpc) is 3.00.